The third kappa shape index (κ3) is 3.25. The van der Waals surface area contributed by atoms with E-state index in [-0.39, 0.29) is 11.1 Å². The van der Waals surface area contributed by atoms with E-state index >= 15 is 0 Å². The van der Waals surface area contributed by atoms with Crippen LogP contribution in [0.25, 0.3) is 0 Å². The van der Waals surface area contributed by atoms with Crippen molar-refractivity contribution in [1.29, 1.82) is 0 Å². The highest BCUT2D eigenvalue weighted by Gasteiger charge is 2.34. The molecule has 108 valence electrons. The molecule has 2 aliphatic rings. The number of nitrogens with one attached hydrogen (secondary N) is 1. The number of aromatic nitrogens is 1. The van der Waals surface area contributed by atoms with E-state index in [1.54, 1.807) is 0 Å². The van der Waals surface area contributed by atoms with Crippen LogP contribution in [-0.2, 0) is 0 Å². The molecule has 1 saturated carbocycles. The zero-order valence-corrected chi connectivity index (χ0v) is 12.6. The molecule has 1 aromatic rings. The summed E-state index contributed by atoms with van der Waals surface area (Å²) in [5, 5.41) is 3.56. The second kappa shape index (κ2) is 5.88. The average molecular weight is 314 g/mol. The minimum absolute atomic E-state index is 0.177. The fourth-order valence-electron chi connectivity index (χ4n) is 2.72. The number of nitrogens with zero attached hydrogens (tertiary/aromatic N) is 2. The van der Waals surface area contributed by atoms with Gasteiger partial charge in [0.1, 0.15) is 5.15 Å². The van der Waals surface area contributed by atoms with E-state index in [4.69, 9.17) is 23.2 Å². The highest BCUT2D eigenvalue weighted by atomic mass is 35.5. The molecule has 1 saturated heterocycles. The zero-order valence-electron chi connectivity index (χ0n) is 11.1. The van der Waals surface area contributed by atoms with Crippen LogP contribution in [0.4, 0.5) is 0 Å². The molecular weight excluding hydrogens is 297 g/mol. The monoisotopic (exact) mass is 313 g/mol. The molecule has 0 spiro atoms. The Morgan fingerprint density at radius 2 is 2.20 bits per heavy atom. The van der Waals surface area contributed by atoms with Gasteiger partial charge in [0, 0.05) is 25.3 Å². The number of amides is 1. The molecule has 2 fully saturated rings. The van der Waals surface area contributed by atoms with E-state index in [2.05, 4.69) is 15.2 Å². The predicted octanol–water partition coefficient (Wildman–Crippen LogP) is 2.60. The molecule has 20 heavy (non-hydrogen) atoms. The van der Waals surface area contributed by atoms with Crippen LogP contribution in [0.15, 0.2) is 12.3 Å². The van der Waals surface area contributed by atoms with Crippen LogP contribution >= 0.6 is 23.2 Å². The molecule has 1 amide bonds. The van der Waals surface area contributed by atoms with Gasteiger partial charge in [-0.25, -0.2) is 4.98 Å². The number of rotatable bonds is 4. The number of pyridine rings is 1. The molecule has 6 heteroatoms. The van der Waals surface area contributed by atoms with E-state index < -0.39 is 0 Å². The first kappa shape index (κ1) is 14.1. The summed E-state index contributed by atoms with van der Waals surface area (Å²) in [5.41, 5.74) is 0.392. The van der Waals surface area contributed by atoms with Crippen molar-refractivity contribution in [3.05, 3.63) is 28.0 Å². The number of hydrogen-bond donors (Lipinski definition) is 1. The fourth-order valence-corrected chi connectivity index (χ4v) is 3.07. The van der Waals surface area contributed by atoms with E-state index in [1.807, 2.05) is 0 Å². The van der Waals surface area contributed by atoms with Gasteiger partial charge in [0.05, 0.1) is 10.6 Å². The Bertz CT molecular complexity index is 519. The Balaban J connectivity index is 1.53. The molecular formula is C14H17Cl2N3O. The number of halogens is 2. The summed E-state index contributed by atoms with van der Waals surface area (Å²) >= 11 is 11.8. The lowest BCUT2D eigenvalue weighted by molar-refractivity contribution is 0.0947. The third-order valence-electron chi connectivity index (χ3n) is 4.00. The van der Waals surface area contributed by atoms with Crippen LogP contribution in [-0.4, -0.2) is 41.5 Å². The molecule has 1 unspecified atom stereocenters. The van der Waals surface area contributed by atoms with Crippen LogP contribution in [0.1, 0.15) is 29.6 Å². The van der Waals surface area contributed by atoms with E-state index in [0.29, 0.717) is 23.0 Å². The Morgan fingerprint density at radius 3 is 2.95 bits per heavy atom. The smallest absolute Gasteiger partial charge is 0.252 e. The average Bonchev–Trinajstić information content (AvgIpc) is 3.18. The lowest BCUT2D eigenvalue weighted by atomic mass is 10.1. The van der Waals surface area contributed by atoms with Crippen molar-refractivity contribution in [3.8, 4) is 0 Å². The fraction of sp³-hybridized carbons (Fsp3) is 0.571. The Hall–Kier alpha value is -0.840. The Kier molecular flexibility index (Phi) is 4.15. The number of hydrogen-bond acceptors (Lipinski definition) is 3. The van der Waals surface area contributed by atoms with Gasteiger partial charge in [-0.15, -0.1) is 0 Å². The standard InChI is InChI=1S/C14H17Cl2N3O/c15-12-7-17-13(16)5-11(12)14(20)18-6-9-3-4-19(8-9)10-1-2-10/h5,7,9-10H,1-4,6,8H2,(H,18,20). The van der Waals surface area contributed by atoms with Crippen LogP contribution in [0.2, 0.25) is 10.2 Å². The van der Waals surface area contributed by atoms with Gasteiger partial charge in [-0.1, -0.05) is 23.2 Å². The largest absolute Gasteiger partial charge is 0.352 e. The summed E-state index contributed by atoms with van der Waals surface area (Å²) < 4.78 is 0. The minimum atomic E-state index is -0.177. The molecule has 1 N–H and O–H groups in total. The second-order valence-corrected chi connectivity index (χ2v) is 6.37. The molecule has 0 aromatic carbocycles. The molecule has 1 aliphatic carbocycles. The number of likely N-dealkylation sites (tertiary alicyclic amines) is 1. The third-order valence-corrected chi connectivity index (χ3v) is 4.51. The predicted molar refractivity (Wildman–Crippen MR) is 79.3 cm³/mol. The highest BCUT2D eigenvalue weighted by Crippen LogP contribution is 2.31. The first-order valence-electron chi connectivity index (χ1n) is 6.97. The molecule has 0 bridgehead atoms. The lowest BCUT2D eigenvalue weighted by Gasteiger charge is -2.15. The van der Waals surface area contributed by atoms with Crippen molar-refractivity contribution in [2.24, 2.45) is 5.92 Å². The maximum absolute atomic E-state index is 12.1. The lowest BCUT2D eigenvalue weighted by Crippen LogP contribution is -2.31. The summed E-state index contributed by atoms with van der Waals surface area (Å²) in [6.07, 6.45) is 5.24. The van der Waals surface area contributed by atoms with Crippen LogP contribution < -0.4 is 5.32 Å². The summed E-state index contributed by atoms with van der Waals surface area (Å²) in [6, 6.07) is 2.31. The molecule has 0 radical (unpaired) electrons. The summed E-state index contributed by atoms with van der Waals surface area (Å²) in [6.45, 7) is 2.95. The molecule has 1 aliphatic heterocycles. The van der Waals surface area contributed by atoms with Crippen LogP contribution in [0.5, 0.6) is 0 Å². The number of carbonyl (C=O) groups excluding carboxylic acids is 1. The van der Waals surface area contributed by atoms with E-state index in [9.17, 15) is 4.79 Å². The van der Waals surface area contributed by atoms with E-state index in [0.717, 1.165) is 25.6 Å². The van der Waals surface area contributed by atoms with Gasteiger partial charge >= 0.3 is 0 Å². The maximum atomic E-state index is 12.1. The molecule has 1 atom stereocenters. The van der Waals surface area contributed by atoms with Crippen molar-refractivity contribution >= 4 is 29.1 Å². The normalized spacial score (nSPS) is 23.0. The van der Waals surface area contributed by atoms with Crippen LogP contribution in [0.3, 0.4) is 0 Å². The van der Waals surface area contributed by atoms with Crippen molar-refractivity contribution in [3.63, 3.8) is 0 Å². The van der Waals surface area contributed by atoms with Crippen LogP contribution in [0, 0.1) is 5.92 Å². The molecule has 1 aromatic heterocycles. The van der Waals surface area contributed by atoms with E-state index in [1.165, 1.54) is 25.1 Å². The maximum Gasteiger partial charge on any atom is 0.252 e. The van der Waals surface area contributed by atoms with Crippen molar-refractivity contribution in [2.75, 3.05) is 19.6 Å². The van der Waals surface area contributed by atoms with Gasteiger partial charge < -0.3 is 10.2 Å². The second-order valence-electron chi connectivity index (χ2n) is 5.58. The Labute approximate surface area is 128 Å². The summed E-state index contributed by atoms with van der Waals surface area (Å²) in [4.78, 5) is 18.5. The van der Waals surface area contributed by atoms with Crippen molar-refractivity contribution < 1.29 is 4.79 Å². The first-order valence-corrected chi connectivity index (χ1v) is 7.72. The van der Waals surface area contributed by atoms with Gasteiger partial charge in [0.25, 0.3) is 5.91 Å². The molecule has 2 heterocycles. The minimum Gasteiger partial charge on any atom is -0.352 e. The number of carbonyl (C=O) groups is 1. The SMILES string of the molecule is O=C(NCC1CCN(C2CC2)C1)c1cc(Cl)ncc1Cl. The highest BCUT2D eigenvalue weighted by molar-refractivity contribution is 6.35. The molecule has 3 rings (SSSR count). The first-order chi connectivity index (χ1) is 9.63. The van der Waals surface area contributed by atoms with Gasteiger partial charge in [0.2, 0.25) is 0 Å². The Morgan fingerprint density at radius 1 is 1.40 bits per heavy atom. The topological polar surface area (TPSA) is 45.2 Å². The molecule has 4 nitrogen and oxygen atoms in total. The zero-order chi connectivity index (χ0) is 14.1. The van der Waals surface area contributed by atoms with Gasteiger partial charge in [0.15, 0.2) is 0 Å². The van der Waals surface area contributed by atoms with Gasteiger partial charge in [-0.3, -0.25) is 4.79 Å². The van der Waals surface area contributed by atoms with Gasteiger partial charge in [-0.05, 0) is 37.8 Å². The quantitative estimate of drug-likeness (QED) is 0.869. The summed E-state index contributed by atoms with van der Waals surface area (Å²) in [5.74, 6) is 0.361. The van der Waals surface area contributed by atoms with Gasteiger partial charge in [-0.2, -0.15) is 0 Å². The summed E-state index contributed by atoms with van der Waals surface area (Å²) in [7, 11) is 0. The van der Waals surface area contributed by atoms with Crippen molar-refractivity contribution in [2.45, 2.75) is 25.3 Å². The van der Waals surface area contributed by atoms with Crippen molar-refractivity contribution in [1.82, 2.24) is 15.2 Å².